The molecular formula is C46H66O4. The van der Waals surface area contributed by atoms with E-state index in [1.165, 1.54) is 89.9 Å². The molecule has 2 fully saturated rings. The third-order valence-electron chi connectivity index (χ3n) is 11.4. The summed E-state index contributed by atoms with van der Waals surface area (Å²) in [6, 6.07) is 27.2. The second-order valence-corrected chi connectivity index (χ2v) is 15.3. The van der Waals surface area contributed by atoms with Crippen LogP contribution in [0.5, 0.6) is 11.5 Å². The molecule has 1 unspecified atom stereocenters. The number of benzene rings is 3. The van der Waals surface area contributed by atoms with Gasteiger partial charge in [-0.1, -0.05) is 145 Å². The van der Waals surface area contributed by atoms with Crippen LogP contribution in [0.3, 0.4) is 0 Å². The van der Waals surface area contributed by atoms with Crippen LogP contribution in [0.25, 0.3) is 0 Å². The van der Waals surface area contributed by atoms with E-state index in [9.17, 15) is 0 Å². The van der Waals surface area contributed by atoms with E-state index in [4.69, 9.17) is 18.9 Å². The first kappa shape index (κ1) is 38.4. The lowest BCUT2D eigenvalue weighted by Gasteiger charge is -2.28. The van der Waals surface area contributed by atoms with Gasteiger partial charge in [0.25, 0.3) is 0 Å². The van der Waals surface area contributed by atoms with Crippen LogP contribution in [0.1, 0.15) is 139 Å². The molecule has 4 nitrogen and oxygen atoms in total. The number of rotatable bonds is 22. The second-order valence-electron chi connectivity index (χ2n) is 15.3. The maximum atomic E-state index is 6.43. The van der Waals surface area contributed by atoms with E-state index >= 15 is 0 Å². The van der Waals surface area contributed by atoms with Gasteiger partial charge in [0.15, 0.2) is 0 Å². The Morgan fingerprint density at radius 1 is 0.520 bits per heavy atom. The normalized spacial score (nSPS) is 21.5. The minimum atomic E-state index is -0.145. The van der Waals surface area contributed by atoms with Gasteiger partial charge >= 0.3 is 0 Å². The summed E-state index contributed by atoms with van der Waals surface area (Å²) < 4.78 is 24.8. The van der Waals surface area contributed by atoms with Crippen LogP contribution >= 0.6 is 0 Å². The van der Waals surface area contributed by atoms with Crippen molar-refractivity contribution in [2.45, 2.75) is 136 Å². The summed E-state index contributed by atoms with van der Waals surface area (Å²) in [5.74, 6) is 5.66. The van der Waals surface area contributed by atoms with Crippen molar-refractivity contribution >= 4 is 0 Å². The summed E-state index contributed by atoms with van der Waals surface area (Å²) in [5.41, 5.74) is 3.41. The number of ether oxygens (including phenoxy) is 4. The largest absolute Gasteiger partial charge is 0.494 e. The predicted molar refractivity (Wildman–Crippen MR) is 207 cm³/mol. The van der Waals surface area contributed by atoms with E-state index in [2.05, 4.69) is 86.6 Å². The lowest BCUT2D eigenvalue weighted by Crippen LogP contribution is -2.15. The van der Waals surface area contributed by atoms with Crippen molar-refractivity contribution in [3.8, 4) is 11.5 Å². The summed E-state index contributed by atoms with van der Waals surface area (Å²) >= 11 is 0. The average Bonchev–Trinajstić information content (AvgIpc) is 3.16. The fraction of sp³-hybridized carbons (Fsp3) is 0.609. The molecule has 3 aromatic rings. The summed E-state index contributed by atoms with van der Waals surface area (Å²) in [6.07, 6.45) is 21.7. The SMILES string of the molecule is CCCC1CCC(CCCOc2ccc(COCC(OCc3ccc(OCCCC4CCC(CCC)CC4)cc3)c3ccccc3)cc2)CC1. The zero-order valence-electron chi connectivity index (χ0n) is 31.4. The molecule has 1 atom stereocenters. The molecule has 2 aliphatic rings. The Balaban J connectivity index is 0.972. The molecule has 0 aromatic heterocycles. The van der Waals surface area contributed by atoms with Crippen molar-refractivity contribution in [3.63, 3.8) is 0 Å². The van der Waals surface area contributed by atoms with E-state index in [0.29, 0.717) is 19.8 Å². The molecule has 0 saturated heterocycles. The summed E-state index contributed by atoms with van der Waals surface area (Å²) in [7, 11) is 0. The van der Waals surface area contributed by atoms with Crippen LogP contribution in [0.2, 0.25) is 0 Å². The van der Waals surface area contributed by atoms with E-state index in [1.807, 2.05) is 6.07 Å². The maximum Gasteiger partial charge on any atom is 0.119 e. The predicted octanol–water partition coefficient (Wildman–Crippen LogP) is 12.7. The Labute approximate surface area is 304 Å². The minimum Gasteiger partial charge on any atom is -0.494 e. The lowest BCUT2D eigenvalue weighted by atomic mass is 9.78. The van der Waals surface area contributed by atoms with Crippen LogP contribution < -0.4 is 9.47 Å². The number of hydrogen-bond donors (Lipinski definition) is 0. The Bertz CT molecular complexity index is 1270. The molecular weight excluding hydrogens is 617 g/mol. The van der Waals surface area contributed by atoms with E-state index < -0.39 is 0 Å². The Morgan fingerprint density at radius 3 is 1.42 bits per heavy atom. The van der Waals surface area contributed by atoms with Crippen molar-refractivity contribution in [1.82, 2.24) is 0 Å². The van der Waals surface area contributed by atoms with Gasteiger partial charge in [-0.05, 0) is 90.3 Å². The van der Waals surface area contributed by atoms with E-state index in [1.54, 1.807) is 0 Å². The molecule has 2 aliphatic carbocycles. The van der Waals surface area contributed by atoms with E-state index in [0.717, 1.165) is 77.9 Å². The molecule has 274 valence electrons. The third-order valence-corrected chi connectivity index (χ3v) is 11.4. The molecule has 2 saturated carbocycles. The highest BCUT2D eigenvalue weighted by atomic mass is 16.5. The molecule has 4 heteroatoms. The van der Waals surface area contributed by atoms with Crippen molar-refractivity contribution < 1.29 is 18.9 Å². The zero-order valence-corrected chi connectivity index (χ0v) is 31.4. The first-order valence-electron chi connectivity index (χ1n) is 20.4. The third kappa shape index (κ3) is 13.7. The standard InChI is InChI=1S/C46H66O4/c1-3-10-37-16-20-39(21-17-37)12-8-32-48-44-28-24-41(25-29-44)34-47-36-46(43-14-6-5-7-15-43)50-35-42-26-30-45(31-27-42)49-33-9-13-40-22-18-38(11-4-2)19-23-40/h5-7,14-15,24-31,37-40,46H,3-4,8-13,16-23,32-36H2,1-2H3. The maximum absolute atomic E-state index is 6.43. The van der Waals surface area contributed by atoms with Gasteiger partial charge in [-0.15, -0.1) is 0 Å². The van der Waals surface area contributed by atoms with Crippen LogP contribution in [0.15, 0.2) is 78.9 Å². The van der Waals surface area contributed by atoms with Crippen LogP contribution in [-0.4, -0.2) is 19.8 Å². The fourth-order valence-electron chi connectivity index (χ4n) is 8.31. The monoisotopic (exact) mass is 682 g/mol. The summed E-state index contributed by atoms with van der Waals surface area (Å²) in [5, 5.41) is 0. The highest BCUT2D eigenvalue weighted by Crippen LogP contribution is 2.35. The van der Waals surface area contributed by atoms with Gasteiger partial charge < -0.3 is 18.9 Å². The molecule has 0 radical (unpaired) electrons. The van der Waals surface area contributed by atoms with Crippen LogP contribution in [0, 0.1) is 23.7 Å². The lowest BCUT2D eigenvalue weighted by molar-refractivity contribution is -0.0313. The first-order valence-corrected chi connectivity index (χ1v) is 20.4. The molecule has 0 aliphatic heterocycles. The molecule has 0 heterocycles. The van der Waals surface area contributed by atoms with Crippen LogP contribution in [-0.2, 0) is 22.7 Å². The van der Waals surface area contributed by atoms with Crippen molar-refractivity contribution in [2.24, 2.45) is 23.7 Å². The van der Waals surface area contributed by atoms with Crippen LogP contribution in [0.4, 0.5) is 0 Å². The smallest absolute Gasteiger partial charge is 0.119 e. The summed E-state index contributed by atoms with van der Waals surface area (Å²) in [6.45, 7) is 7.79. The molecule has 50 heavy (non-hydrogen) atoms. The minimum absolute atomic E-state index is 0.145. The Kier molecular flexibility index (Phi) is 17.0. The zero-order chi connectivity index (χ0) is 34.6. The number of hydrogen-bond acceptors (Lipinski definition) is 4. The van der Waals surface area contributed by atoms with Gasteiger partial charge in [-0.2, -0.15) is 0 Å². The van der Waals surface area contributed by atoms with Gasteiger partial charge in [0.2, 0.25) is 0 Å². The Morgan fingerprint density at radius 2 is 0.960 bits per heavy atom. The van der Waals surface area contributed by atoms with Gasteiger partial charge in [0.1, 0.15) is 17.6 Å². The van der Waals surface area contributed by atoms with Crippen molar-refractivity contribution in [3.05, 3.63) is 95.6 Å². The molecule has 5 rings (SSSR count). The molecule has 0 bridgehead atoms. The van der Waals surface area contributed by atoms with Gasteiger partial charge in [0.05, 0.1) is 33.0 Å². The van der Waals surface area contributed by atoms with Gasteiger partial charge in [0, 0.05) is 0 Å². The Hall–Kier alpha value is -2.82. The quantitative estimate of drug-likeness (QED) is 0.0989. The highest BCUT2D eigenvalue weighted by molar-refractivity contribution is 5.28. The second kappa shape index (κ2) is 22.2. The molecule has 0 N–H and O–H groups in total. The molecule has 0 amide bonds. The van der Waals surface area contributed by atoms with Gasteiger partial charge in [-0.3, -0.25) is 0 Å². The average molecular weight is 683 g/mol. The van der Waals surface area contributed by atoms with E-state index in [-0.39, 0.29) is 6.10 Å². The van der Waals surface area contributed by atoms with Gasteiger partial charge in [-0.25, -0.2) is 0 Å². The fourth-order valence-corrected chi connectivity index (χ4v) is 8.31. The topological polar surface area (TPSA) is 36.9 Å². The molecule has 0 spiro atoms. The summed E-state index contributed by atoms with van der Waals surface area (Å²) in [4.78, 5) is 0. The highest BCUT2D eigenvalue weighted by Gasteiger charge is 2.21. The first-order chi connectivity index (χ1) is 24.7. The van der Waals surface area contributed by atoms with Crippen molar-refractivity contribution in [2.75, 3.05) is 19.8 Å². The van der Waals surface area contributed by atoms with Crippen molar-refractivity contribution in [1.29, 1.82) is 0 Å². The molecule has 3 aromatic carbocycles.